The molecule has 1 rings (SSSR count). The predicted octanol–water partition coefficient (Wildman–Crippen LogP) is 3.10. The number of rotatable bonds is 6. The van der Waals surface area contributed by atoms with Crippen LogP contribution in [0.2, 0.25) is 0 Å². The number of hydrogen-bond donors (Lipinski definition) is 0. The molecular formula is C11H18ClNS. The van der Waals surface area contributed by atoms with Gasteiger partial charge in [0.2, 0.25) is 0 Å². The van der Waals surface area contributed by atoms with E-state index in [4.69, 9.17) is 11.6 Å². The van der Waals surface area contributed by atoms with Crippen LogP contribution in [0, 0.1) is 5.92 Å². The Morgan fingerprint density at radius 3 is 2.93 bits per heavy atom. The monoisotopic (exact) mass is 231 g/mol. The molecule has 0 bridgehead atoms. The normalized spacial score (nSPS) is 13.4. The summed E-state index contributed by atoms with van der Waals surface area (Å²) in [7, 11) is 2.16. The van der Waals surface area contributed by atoms with Crippen LogP contribution < -0.4 is 0 Å². The zero-order valence-electron chi connectivity index (χ0n) is 8.87. The summed E-state index contributed by atoms with van der Waals surface area (Å²) >= 11 is 7.61. The number of nitrogens with zero attached hydrogens (tertiary/aromatic N) is 1. The van der Waals surface area contributed by atoms with E-state index in [9.17, 15) is 0 Å². The topological polar surface area (TPSA) is 3.24 Å². The van der Waals surface area contributed by atoms with E-state index in [0.717, 1.165) is 25.4 Å². The SMILES string of the molecule is CC(CCl)CN(C)CCc1cccs1. The van der Waals surface area contributed by atoms with Crippen LogP contribution in [0.1, 0.15) is 11.8 Å². The lowest BCUT2D eigenvalue weighted by atomic mass is 10.2. The maximum atomic E-state index is 5.77. The zero-order valence-corrected chi connectivity index (χ0v) is 10.4. The van der Waals surface area contributed by atoms with E-state index in [2.05, 4.69) is 36.4 Å². The molecule has 0 radical (unpaired) electrons. The van der Waals surface area contributed by atoms with Crippen LogP contribution in [0.15, 0.2) is 17.5 Å². The van der Waals surface area contributed by atoms with Gasteiger partial charge in [-0.2, -0.15) is 0 Å². The minimum absolute atomic E-state index is 0.588. The summed E-state index contributed by atoms with van der Waals surface area (Å²) < 4.78 is 0. The first-order valence-electron chi connectivity index (χ1n) is 4.99. The van der Waals surface area contributed by atoms with Gasteiger partial charge in [-0.25, -0.2) is 0 Å². The van der Waals surface area contributed by atoms with Crippen molar-refractivity contribution in [2.75, 3.05) is 26.0 Å². The number of hydrogen-bond acceptors (Lipinski definition) is 2. The fourth-order valence-electron chi connectivity index (χ4n) is 1.43. The first kappa shape index (κ1) is 12.0. The number of thiophene rings is 1. The van der Waals surface area contributed by atoms with Crippen LogP contribution >= 0.6 is 22.9 Å². The first-order valence-corrected chi connectivity index (χ1v) is 6.40. The van der Waals surface area contributed by atoms with Gasteiger partial charge in [0.1, 0.15) is 0 Å². The molecule has 0 N–H and O–H groups in total. The molecule has 0 saturated heterocycles. The van der Waals surface area contributed by atoms with Crippen LogP contribution in [0.3, 0.4) is 0 Å². The third-order valence-electron chi connectivity index (χ3n) is 2.21. The lowest BCUT2D eigenvalue weighted by Gasteiger charge is -2.19. The van der Waals surface area contributed by atoms with Crippen molar-refractivity contribution >= 4 is 22.9 Å². The van der Waals surface area contributed by atoms with Gasteiger partial charge in [0, 0.05) is 23.8 Å². The second-order valence-corrected chi connectivity index (χ2v) is 5.19. The molecule has 0 aliphatic heterocycles. The summed E-state index contributed by atoms with van der Waals surface area (Å²) in [5, 5.41) is 2.14. The lowest BCUT2D eigenvalue weighted by Crippen LogP contribution is -2.27. The summed E-state index contributed by atoms with van der Waals surface area (Å²) in [5.74, 6) is 1.34. The fourth-order valence-corrected chi connectivity index (χ4v) is 2.22. The fraction of sp³-hybridized carbons (Fsp3) is 0.636. The molecule has 1 heterocycles. The molecule has 0 saturated carbocycles. The first-order chi connectivity index (χ1) is 6.72. The number of alkyl halides is 1. The Labute approximate surface area is 95.7 Å². The van der Waals surface area contributed by atoms with Gasteiger partial charge in [0.15, 0.2) is 0 Å². The Morgan fingerprint density at radius 2 is 2.36 bits per heavy atom. The average molecular weight is 232 g/mol. The molecule has 0 aliphatic carbocycles. The minimum atomic E-state index is 0.588. The molecule has 1 unspecified atom stereocenters. The summed E-state index contributed by atoms with van der Waals surface area (Å²) in [6, 6.07) is 4.31. The van der Waals surface area contributed by atoms with Crippen molar-refractivity contribution < 1.29 is 0 Å². The van der Waals surface area contributed by atoms with Crippen molar-refractivity contribution in [1.82, 2.24) is 4.90 Å². The summed E-state index contributed by atoms with van der Waals surface area (Å²) in [4.78, 5) is 3.82. The van der Waals surface area contributed by atoms with Gasteiger partial charge in [-0.1, -0.05) is 13.0 Å². The Morgan fingerprint density at radius 1 is 1.57 bits per heavy atom. The number of halogens is 1. The Kier molecular flexibility index (Phi) is 5.53. The molecular weight excluding hydrogens is 214 g/mol. The standard InChI is InChI=1S/C11H18ClNS/c1-10(8-12)9-13(2)6-5-11-4-3-7-14-11/h3-4,7,10H,5-6,8-9H2,1-2H3. The van der Waals surface area contributed by atoms with Crippen molar-refractivity contribution in [3.05, 3.63) is 22.4 Å². The Balaban J connectivity index is 2.18. The molecule has 80 valence electrons. The zero-order chi connectivity index (χ0) is 10.4. The molecule has 0 aliphatic rings. The van der Waals surface area contributed by atoms with Crippen LogP contribution in [0.25, 0.3) is 0 Å². The highest BCUT2D eigenvalue weighted by atomic mass is 35.5. The van der Waals surface area contributed by atoms with Gasteiger partial charge in [0.25, 0.3) is 0 Å². The average Bonchev–Trinajstić information content (AvgIpc) is 2.67. The van der Waals surface area contributed by atoms with E-state index >= 15 is 0 Å². The highest BCUT2D eigenvalue weighted by molar-refractivity contribution is 7.09. The minimum Gasteiger partial charge on any atom is -0.306 e. The number of likely N-dealkylation sites (N-methyl/N-ethyl adjacent to an activating group) is 1. The van der Waals surface area contributed by atoms with Gasteiger partial charge < -0.3 is 4.90 Å². The second kappa shape index (κ2) is 6.44. The molecule has 0 spiro atoms. The van der Waals surface area contributed by atoms with Crippen molar-refractivity contribution in [3.8, 4) is 0 Å². The molecule has 0 fully saturated rings. The third kappa shape index (κ3) is 4.45. The van der Waals surface area contributed by atoms with E-state index in [-0.39, 0.29) is 0 Å². The third-order valence-corrected chi connectivity index (χ3v) is 3.67. The highest BCUT2D eigenvalue weighted by Gasteiger charge is 2.05. The van der Waals surface area contributed by atoms with E-state index in [1.807, 2.05) is 11.3 Å². The van der Waals surface area contributed by atoms with Gasteiger partial charge in [-0.3, -0.25) is 0 Å². The summed E-state index contributed by atoms with van der Waals surface area (Å²) in [6.07, 6.45) is 1.16. The highest BCUT2D eigenvalue weighted by Crippen LogP contribution is 2.10. The summed E-state index contributed by atoms with van der Waals surface area (Å²) in [6.45, 7) is 4.41. The van der Waals surface area contributed by atoms with Gasteiger partial charge in [-0.15, -0.1) is 22.9 Å². The van der Waals surface area contributed by atoms with Crippen LogP contribution in [-0.4, -0.2) is 30.9 Å². The molecule has 1 atom stereocenters. The van der Waals surface area contributed by atoms with Crippen molar-refractivity contribution in [2.45, 2.75) is 13.3 Å². The smallest absolute Gasteiger partial charge is 0.0261 e. The Hall–Kier alpha value is -0.0500. The van der Waals surface area contributed by atoms with Gasteiger partial charge in [0.05, 0.1) is 0 Å². The quantitative estimate of drug-likeness (QED) is 0.681. The molecule has 1 nitrogen and oxygen atoms in total. The largest absolute Gasteiger partial charge is 0.306 e. The van der Waals surface area contributed by atoms with Gasteiger partial charge >= 0.3 is 0 Å². The van der Waals surface area contributed by atoms with Crippen molar-refractivity contribution in [1.29, 1.82) is 0 Å². The van der Waals surface area contributed by atoms with Crippen molar-refractivity contribution in [2.24, 2.45) is 5.92 Å². The maximum Gasteiger partial charge on any atom is 0.0261 e. The van der Waals surface area contributed by atoms with E-state index < -0.39 is 0 Å². The molecule has 0 aromatic carbocycles. The molecule has 3 heteroatoms. The van der Waals surface area contributed by atoms with Gasteiger partial charge in [-0.05, 0) is 30.8 Å². The second-order valence-electron chi connectivity index (χ2n) is 3.85. The molecule has 1 aromatic rings. The lowest BCUT2D eigenvalue weighted by molar-refractivity contribution is 0.301. The maximum absolute atomic E-state index is 5.77. The summed E-state index contributed by atoms with van der Waals surface area (Å²) in [5.41, 5.74) is 0. The molecule has 1 aromatic heterocycles. The molecule has 14 heavy (non-hydrogen) atoms. The van der Waals surface area contributed by atoms with E-state index in [0.29, 0.717) is 5.92 Å². The van der Waals surface area contributed by atoms with Crippen LogP contribution in [0.4, 0.5) is 0 Å². The van der Waals surface area contributed by atoms with E-state index in [1.165, 1.54) is 4.88 Å². The predicted molar refractivity (Wildman–Crippen MR) is 65.4 cm³/mol. The van der Waals surface area contributed by atoms with Crippen molar-refractivity contribution in [3.63, 3.8) is 0 Å². The van der Waals surface area contributed by atoms with Crippen LogP contribution in [0.5, 0.6) is 0 Å². The van der Waals surface area contributed by atoms with Crippen LogP contribution in [-0.2, 0) is 6.42 Å². The molecule has 0 amide bonds. The Bertz CT molecular complexity index is 235. The van der Waals surface area contributed by atoms with E-state index in [1.54, 1.807) is 0 Å².